The van der Waals surface area contributed by atoms with Crippen LogP contribution in [-0.2, 0) is 6.42 Å². The Labute approximate surface area is 125 Å². The summed E-state index contributed by atoms with van der Waals surface area (Å²) in [5.74, 6) is 0.531. The molecule has 1 atom stereocenters. The molecule has 0 saturated carbocycles. The first kappa shape index (κ1) is 15.4. The number of hydrogen-bond donors (Lipinski definition) is 1. The maximum atomic E-state index is 13.0. The van der Waals surface area contributed by atoms with E-state index >= 15 is 0 Å². The van der Waals surface area contributed by atoms with Gasteiger partial charge in [-0.25, -0.2) is 4.39 Å². The fraction of sp³-hybridized carbons (Fsp3) is 0.353. The van der Waals surface area contributed by atoms with E-state index in [4.69, 9.17) is 4.74 Å². The number of methoxy groups -OCH3 is 1. The summed E-state index contributed by atoms with van der Waals surface area (Å²) in [5, 5.41) is 3.47. The van der Waals surface area contributed by atoms with E-state index in [-0.39, 0.29) is 11.9 Å². The normalized spacial score (nSPS) is 12.1. The van der Waals surface area contributed by atoms with Crippen LogP contribution in [0.25, 0.3) is 0 Å². The van der Waals surface area contributed by atoms with Crippen molar-refractivity contribution in [3.63, 3.8) is 0 Å². The molecule has 0 aliphatic carbocycles. The van der Waals surface area contributed by atoms with Crippen molar-refractivity contribution in [1.82, 2.24) is 10.3 Å². The molecule has 0 radical (unpaired) electrons. The van der Waals surface area contributed by atoms with Crippen molar-refractivity contribution in [3.05, 3.63) is 59.7 Å². The Morgan fingerprint density at radius 3 is 2.81 bits per heavy atom. The van der Waals surface area contributed by atoms with Gasteiger partial charge in [-0.3, -0.25) is 4.98 Å². The molecule has 4 heteroatoms. The number of aromatic nitrogens is 1. The van der Waals surface area contributed by atoms with Gasteiger partial charge in [-0.2, -0.15) is 0 Å². The van der Waals surface area contributed by atoms with Gasteiger partial charge in [0.25, 0.3) is 0 Å². The third kappa shape index (κ3) is 4.53. The zero-order valence-corrected chi connectivity index (χ0v) is 12.5. The van der Waals surface area contributed by atoms with Gasteiger partial charge in [0.2, 0.25) is 0 Å². The fourth-order valence-electron chi connectivity index (χ4n) is 2.23. The maximum absolute atomic E-state index is 13.0. The van der Waals surface area contributed by atoms with Crippen LogP contribution in [0.1, 0.15) is 30.6 Å². The van der Waals surface area contributed by atoms with Crippen LogP contribution in [-0.4, -0.2) is 18.6 Å². The number of pyridine rings is 1. The summed E-state index contributed by atoms with van der Waals surface area (Å²) in [6, 6.07) is 11.2. The van der Waals surface area contributed by atoms with Crippen molar-refractivity contribution in [1.29, 1.82) is 0 Å². The Bertz CT molecular complexity index is 557. The molecule has 0 spiro atoms. The summed E-state index contributed by atoms with van der Waals surface area (Å²) >= 11 is 0. The Kier molecular flexibility index (Phi) is 5.69. The van der Waals surface area contributed by atoms with Crippen LogP contribution in [0.4, 0.5) is 4.39 Å². The minimum Gasteiger partial charge on any atom is -0.497 e. The van der Waals surface area contributed by atoms with Crippen molar-refractivity contribution < 1.29 is 9.13 Å². The average Bonchev–Trinajstić information content (AvgIpc) is 2.52. The molecule has 3 nitrogen and oxygen atoms in total. The number of ether oxygens (including phenoxy) is 1. The third-order valence-corrected chi connectivity index (χ3v) is 3.32. The molecule has 2 rings (SSSR count). The molecular formula is C17H21FN2O. The van der Waals surface area contributed by atoms with Gasteiger partial charge in [-0.15, -0.1) is 0 Å². The van der Waals surface area contributed by atoms with Gasteiger partial charge in [-0.05, 0) is 49.2 Å². The predicted octanol–water partition coefficient (Wildman–Crippen LogP) is 3.51. The molecule has 0 aliphatic heterocycles. The highest BCUT2D eigenvalue weighted by atomic mass is 19.1. The zero-order chi connectivity index (χ0) is 15.1. The molecule has 2 aromatic rings. The summed E-state index contributed by atoms with van der Waals surface area (Å²) in [6.45, 7) is 3.02. The Morgan fingerprint density at radius 1 is 1.29 bits per heavy atom. The lowest BCUT2D eigenvalue weighted by atomic mass is 10.0. The molecule has 1 aromatic heterocycles. The molecule has 0 fully saturated rings. The molecule has 1 unspecified atom stereocenters. The Balaban J connectivity index is 2.17. The number of halogens is 1. The minimum atomic E-state index is -0.311. The number of rotatable bonds is 7. The van der Waals surface area contributed by atoms with E-state index in [9.17, 15) is 4.39 Å². The van der Waals surface area contributed by atoms with E-state index in [1.165, 1.54) is 12.3 Å². The molecule has 0 saturated heterocycles. The van der Waals surface area contributed by atoms with Crippen molar-refractivity contribution in [2.45, 2.75) is 25.8 Å². The summed E-state index contributed by atoms with van der Waals surface area (Å²) in [7, 11) is 1.66. The van der Waals surface area contributed by atoms with Crippen molar-refractivity contribution >= 4 is 0 Å². The van der Waals surface area contributed by atoms with E-state index in [1.54, 1.807) is 13.2 Å². The predicted molar refractivity (Wildman–Crippen MR) is 81.9 cm³/mol. The van der Waals surface area contributed by atoms with Gasteiger partial charge in [0.1, 0.15) is 11.6 Å². The van der Waals surface area contributed by atoms with Crippen LogP contribution in [0.15, 0.2) is 42.6 Å². The topological polar surface area (TPSA) is 34.1 Å². The van der Waals surface area contributed by atoms with Crippen molar-refractivity contribution in [3.8, 4) is 5.75 Å². The fourth-order valence-corrected chi connectivity index (χ4v) is 2.23. The van der Waals surface area contributed by atoms with Crippen LogP contribution in [0.3, 0.4) is 0 Å². The van der Waals surface area contributed by atoms with Gasteiger partial charge in [0.15, 0.2) is 0 Å². The zero-order valence-electron chi connectivity index (χ0n) is 12.5. The first-order valence-corrected chi connectivity index (χ1v) is 7.20. The SMILES string of the molecule is CCCNC(Cc1cccc(OC)c1)c1ccc(F)cn1. The van der Waals surface area contributed by atoms with E-state index in [2.05, 4.69) is 23.3 Å². The lowest BCUT2D eigenvalue weighted by Gasteiger charge is -2.18. The van der Waals surface area contributed by atoms with Crippen molar-refractivity contribution in [2.24, 2.45) is 0 Å². The van der Waals surface area contributed by atoms with Gasteiger partial charge in [-0.1, -0.05) is 19.1 Å². The molecule has 0 bridgehead atoms. The lowest BCUT2D eigenvalue weighted by Crippen LogP contribution is -2.25. The number of hydrogen-bond acceptors (Lipinski definition) is 3. The summed E-state index contributed by atoms with van der Waals surface area (Å²) in [5.41, 5.74) is 2.02. The quantitative estimate of drug-likeness (QED) is 0.846. The maximum Gasteiger partial charge on any atom is 0.141 e. The second-order valence-electron chi connectivity index (χ2n) is 4.96. The van der Waals surface area contributed by atoms with Crippen LogP contribution in [0, 0.1) is 5.82 Å². The summed E-state index contributed by atoms with van der Waals surface area (Å²) in [4.78, 5) is 4.20. The molecule has 1 aromatic carbocycles. The third-order valence-electron chi connectivity index (χ3n) is 3.32. The van der Waals surface area contributed by atoms with Crippen LogP contribution in [0.2, 0.25) is 0 Å². The number of nitrogens with zero attached hydrogens (tertiary/aromatic N) is 1. The molecule has 112 valence electrons. The van der Waals surface area contributed by atoms with Gasteiger partial charge in [0, 0.05) is 0 Å². The van der Waals surface area contributed by atoms with Gasteiger partial charge >= 0.3 is 0 Å². The largest absolute Gasteiger partial charge is 0.497 e. The van der Waals surface area contributed by atoms with Gasteiger partial charge in [0.05, 0.1) is 25.0 Å². The Morgan fingerprint density at radius 2 is 2.14 bits per heavy atom. The Hall–Kier alpha value is -1.94. The number of nitrogens with one attached hydrogen (secondary N) is 1. The van der Waals surface area contributed by atoms with E-state index in [0.29, 0.717) is 0 Å². The first-order chi connectivity index (χ1) is 10.2. The molecule has 0 amide bonds. The monoisotopic (exact) mass is 288 g/mol. The second-order valence-corrected chi connectivity index (χ2v) is 4.96. The van der Waals surface area contributed by atoms with Gasteiger partial charge < -0.3 is 10.1 Å². The highest BCUT2D eigenvalue weighted by Crippen LogP contribution is 2.20. The molecular weight excluding hydrogens is 267 g/mol. The second kappa shape index (κ2) is 7.74. The van der Waals surface area contributed by atoms with Crippen LogP contribution < -0.4 is 10.1 Å². The van der Waals surface area contributed by atoms with E-state index in [0.717, 1.165) is 36.4 Å². The summed E-state index contributed by atoms with van der Waals surface area (Å²) < 4.78 is 18.3. The highest BCUT2D eigenvalue weighted by Gasteiger charge is 2.13. The highest BCUT2D eigenvalue weighted by molar-refractivity contribution is 5.29. The molecule has 0 aliphatic rings. The first-order valence-electron chi connectivity index (χ1n) is 7.20. The molecule has 1 heterocycles. The number of benzene rings is 1. The lowest BCUT2D eigenvalue weighted by molar-refractivity contribution is 0.413. The van der Waals surface area contributed by atoms with E-state index in [1.807, 2.05) is 18.2 Å². The molecule has 1 N–H and O–H groups in total. The standard InChI is InChI=1S/C17H21FN2O/c1-3-9-19-17(16-8-7-14(18)12-20-16)11-13-5-4-6-15(10-13)21-2/h4-8,10,12,17,19H,3,9,11H2,1-2H3. The average molecular weight is 288 g/mol. The summed E-state index contributed by atoms with van der Waals surface area (Å²) in [6.07, 6.45) is 3.09. The van der Waals surface area contributed by atoms with Crippen LogP contribution in [0.5, 0.6) is 5.75 Å². The van der Waals surface area contributed by atoms with Crippen LogP contribution >= 0.6 is 0 Å². The smallest absolute Gasteiger partial charge is 0.141 e. The van der Waals surface area contributed by atoms with E-state index < -0.39 is 0 Å². The molecule has 21 heavy (non-hydrogen) atoms. The van der Waals surface area contributed by atoms with Crippen molar-refractivity contribution in [2.75, 3.05) is 13.7 Å². The minimum absolute atomic E-state index is 0.0673.